The normalized spacial score (nSPS) is 11.2. The molecule has 0 radical (unpaired) electrons. The zero-order valence-electron chi connectivity index (χ0n) is 12.2. The highest BCUT2D eigenvalue weighted by molar-refractivity contribution is 7.92. The lowest BCUT2D eigenvalue weighted by molar-refractivity contribution is 0.415. The van der Waals surface area contributed by atoms with Crippen molar-refractivity contribution >= 4 is 21.4 Å². The van der Waals surface area contributed by atoms with Crippen molar-refractivity contribution in [1.29, 1.82) is 0 Å². The molecule has 2 aromatic carbocycles. The van der Waals surface area contributed by atoms with Gasteiger partial charge in [0.25, 0.3) is 10.0 Å². The van der Waals surface area contributed by atoms with E-state index in [-0.39, 0.29) is 4.90 Å². The minimum absolute atomic E-state index is 0.209. The Balaban J connectivity index is 2.44. The fraction of sp³-hybridized carbons (Fsp3) is 0.200. The summed E-state index contributed by atoms with van der Waals surface area (Å²) in [5.74, 6) is 0.671. The third kappa shape index (κ3) is 2.80. The molecule has 0 aromatic heterocycles. The molecule has 0 aliphatic carbocycles. The second kappa shape index (κ2) is 5.65. The van der Waals surface area contributed by atoms with E-state index in [1.165, 1.54) is 11.4 Å². The monoisotopic (exact) mass is 306 g/mol. The predicted molar refractivity (Wildman–Crippen MR) is 84.2 cm³/mol. The van der Waals surface area contributed by atoms with E-state index >= 15 is 0 Å². The van der Waals surface area contributed by atoms with Crippen LogP contribution in [0.5, 0.6) is 5.75 Å². The maximum atomic E-state index is 12.7. The van der Waals surface area contributed by atoms with Crippen LogP contribution >= 0.6 is 0 Å². The summed E-state index contributed by atoms with van der Waals surface area (Å²) in [6.07, 6.45) is 0. The lowest BCUT2D eigenvalue weighted by Crippen LogP contribution is -2.27. The van der Waals surface area contributed by atoms with Crippen molar-refractivity contribution in [3.63, 3.8) is 0 Å². The van der Waals surface area contributed by atoms with Crippen molar-refractivity contribution < 1.29 is 13.2 Å². The van der Waals surface area contributed by atoms with Gasteiger partial charge in [-0.25, -0.2) is 8.42 Å². The van der Waals surface area contributed by atoms with Crippen molar-refractivity contribution in [2.45, 2.75) is 11.8 Å². The molecular formula is C15H18N2O3S. The Morgan fingerprint density at radius 1 is 1.10 bits per heavy atom. The molecule has 5 nitrogen and oxygen atoms in total. The zero-order chi connectivity index (χ0) is 15.6. The molecule has 0 saturated heterocycles. The molecule has 0 amide bonds. The van der Waals surface area contributed by atoms with Gasteiger partial charge < -0.3 is 10.5 Å². The number of nitrogen functional groups attached to an aromatic ring is 1. The van der Waals surface area contributed by atoms with Crippen molar-refractivity contribution in [1.82, 2.24) is 0 Å². The molecule has 0 fully saturated rings. The molecule has 21 heavy (non-hydrogen) atoms. The Morgan fingerprint density at radius 2 is 1.71 bits per heavy atom. The number of sulfonamides is 1. The van der Waals surface area contributed by atoms with E-state index in [4.69, 9.17) is 10.5 Å². The van der Waals surface area contributed by atoms with Crippen molar-refractivity contribution in [2.75, 3.05) is 24.2 Å². The Hall–Kier alpha value is -2.21. The van der Waals surface area contributed by atoms with Crippen LogP contribution in [0.1, 0.15) is 5.56 Å². The summed E-state index contributed by atoms with van der Waals surface area (Å²) >= 11 is 0. The molecule has 2 N–H and O–H groups in total. The van der Waals surface area contributed by atoms with Gasteiger partial charge in [0.15, 0.2) is 0 Å². The van der Waals surface area contributed by atoms with E-state index in [9.17, 15) is 8.42 Å². The molecule has 6 heteroatoms. The first-order chi connectivity index (χ1) is 9.87. The van der Waals surface area contributed by atoms with Crippen LogP contribution in [0.25, 0.3) is 0 Å². The van der Waals surface area contributed by atoms with Gasteiger partial charge in [0.1, 0.15) is 5.75 Å². The molecule has 0 aliphatic rings. The van der Waals surface area contributed by atoms with Crippen molar-refractivity contribution in [3.8, 4) is 5.75 Å². The summed E-state index contributed by atoms with van der Waals surface area (Å²) in [4.78, 5) is 0.209. The molecule has 0 spiro atoms. The van der Waals surface area contributed by atoms with Crippen LogP contribution in [-0.2, 0) is 10.0 Å². The number of hydrogen-bond acceptors (Lipinski definition) is 4. The maximum Gasteiger partial charge on any atom is 0.264 e. The molecule has 2 rings (SSSR count). The van der Waals surface area contributed by atoms with E-state index in [2.05, 4.69) is 0 Å². The summed E-state index contributed by atoms with van der Waals surface area (Å²) in [6, 6.07) is 11.7. The summed E-state index contributed by atoms with van der Waals surface area (Å²) in [5, 5.41) is 0. The van der Waals surface area contributed by atoms with Gasteiger partial charge >= 0.3 is 0 Å². The van der Waals surface area contributed by atoms with Crippen LogP contribution in [0.15, 0.2) is 47.4 Å². The van der Waals surface area contributed by atoms with Crippen LogP contribution in [0.3, 0.4) is 0 Å². The zero-order valence-corrected chi connectivity index (χ0v) is 13.0. The van der Waals surface area contributed by atoms with Gasteiger partial charge in [-0.3, -0.25) is 4.31 Å². The van der Waals surface area contributed by atoms with Crippen LogP contribution in [-0.4, -0.2) is 22.6 Å². The Bertz CT molecular complexity index is 740. The summed E-state index contributed by atoms with van der Waals surface area (Å²) in [7, 11) is -0.578. The van der Waals surface area contributed by atoms with Gasteiger partial charge in [0, 0.05) is 12.7 Å². The second-order valence-corrected chi connectivity index (χ2v) is 6.58. The van der Waals surface area contributed by atoms with E-state index in [1.807, 2.05) is 0 Å². The lowest BCUT2D eigenvalue weighted by atomic mass is 10.2. The van der Waals surface area contributed by atoms with Gasteiger partial charge in [-0.1, -0.05) is 6.07 Å². The number of anilines is 2. The third-order valence-corrected chi connectivity index (χ3v) is 5.33. The Morgan fingerprint density at radius 3 is 2.29 bits per heavy atom. The number of hydrogen-bond donors (Lipinski definition) is 1. The highest BCUT2D eigenvalue weighted by Crippen LogP contribution is 2.27. The van der Waals surface area contributed by atoms with E-state index in [0.717, 1.165) is 0 Å². The van der Waals surface area contributed by atoms with Crippen LogP contribution in [0, 0.1) is 6.92 Å². The highest BCUT2D eigenvalue weighted by atomic mass is 32.2. The van der Waals surface area contributed by atoms with Crippen LogP contribution < -0.4 is 14.8 Å². The average molecular weight is 306 g/mol. The fourth-order valence-electron chi connectivity index (χ4n) is 1.99. The Labute approximate surface area is 125 Å². The van der Waals surface area contributed by atoms with Crippen LogP contribution in [0.4, 0.5) is 11.4 Å². The quantitative estimate of drug-likeness (QED) is 0.880. The van der Waals surface area contributed by atoms with Gasteiger partial charge in [-0.05, 0) is 48.9 Å². The number of nitrogens with zero attached hydrogens (tertiary/aromatic N) is 1. The minimum Gasteiger partial charge on any atom is -0.497 e. The molecular weight excluding hydrogens is 288 g/mol. The number of ether oxygens (including phenoxy) is 1. The highest BCUT2D eigenvalue weighted by Gasteiger charge is 2.23. The molecule has 0 bridgehead atoms. The Kier molecular flexibility index (Phi) is 4.09. The first kappa shape index (κ1) is 15.2. The number of rotatable bonds is 4. The standard InChI is InChI=1S/C15H18N2O3S/c1-11-14(16)5-4-6-15(11)21(18,19)17(2)12-7-9-13(20-3)10-8-12/h4-10H,16H2,1-3H3. The molecule has 0 atom stereocenters. The van der Waals surface area contributed by atoms with Crippen LogP contribution in [0.2, 0.25) is 0 Å². The average Bonchev–Trinajstić information content (AvgIpc) is 2.49. The van der Waals surface area contributed by atoms with Gasteiger partial charge in [-0.15, -0.1) is 0 Å². The smallest absolute Gasteiger partial charge is 0.264 e. The summed E-state index contributed by atoms with van der Waals surface area (Å²) in [6.45, 7) is 1.70. The maximum absolute atomic E-state index is 12.7. The molecule has 0 saturated carbocycles. The summed E-state index contributed by atoms with van der Waals surface area (Å²) < 4.78 is 31.7. The minimum atomic E-state index is -3.65. The molecule has 2 aromatic rings. The number of benzene rings is 2. The SMILES string of the molecule is COc1ccc(N(C)S(=O)(=O)c2cccc(N)c2C)cc1. The second-order valence-electron chi connectivity index (χ2n) is 4.64. The first-order valence-electron chi connectivity index (χ1n) is 6.36. The van der Waals surface area contributed by atoms with Crippen molar-refractivity contribution in [2.24, 2.45) is 0 Å². The molecule has 0 aliphatic heterocycles. The predicted octanol–water partition coefficient (Wildman–Crippen LogP) is 2.41. The van der Waals surface area contributed by atoms with Crippen molar-refractivity contribution in [3.05, 3.63) is 48.0 Å². The van der Waals surface area contributed by atoms with Gasteiger partial charge in [0.2, 0.25) is 0 Å². The fourth-order valence-corrected chi connectivity index (χ4v) is 3.44. The molecule has 0 heterocycles. The van der Waals surface area contributed by atoms with E-state index in [1.54, 1.807) is 56.5 Å². The van der Waals surface area contributed by atoms with Gasteiger partial charge in [0.05, 0.1) is 17.7 Å². The third-order valence-electron chi connectivity index (χ3n) is 3.40. The lowest BCUT2D eigenvalue weighted by Gasteiger charge is -2.21. The van der Waals surface area contributed by atoms with E-state index in [0.29, 0.717) is 22.7 Å². The number of nitrogens with two attached hydrogens (primary N) is 1. The van der Waals surface area contributed by atoms with E-state index < -0.39 is 10.0 Å². The first-order valence-corrected chi connectivity index (χ1v) is 7.80. The molecule has 112 valence electrons. The number of methoxy groups -OCH3 is 1. The topological polar surface area (TPSA) is 72.6 Å². The molecule has 0 unspecified atom stereocenters. The summed E-state index contributed by atoms with van der Waals surface area (Å²) in [5.41, 5.74) is 7.36. The van der Waals surface area contributed by atoms with Gasteiger partial charge in [-0.2, -0.15) is 0 Å². The largest absolute Gasteiger partial charge is 0.497 e.